The molecule has 0 saturated heterocycles. The summed E-state index contributed by atoms with van der Waals surface area (Å²) >= 11 is 0. The summed E-state index contributed by atoms with van der Waals surface area (Å²) in [5.41, 5.74) is 2.19. The van der Waals surface area contributed by atoms with Crippen LogP contribution in [0.3, 0.4) is 0 Å². The van der Waals surface area contributed by atoms with E-state index in [2.05, 4.69) is 15.0 Å². The Morgan fingerprint density at radius 3 is 2.92 bits per heavy atom. The van der Waals surface area contributed by atoms with Crippen LogP contribution < -0.4 is 0 Å². The molecule has 0 N–H and O–H groups in total. The molecule has 0 spiro atoms. The number of rotatable bonds is 0. The SMILES string of the molecule is Cc1nc(C#N)nc2c1ncn2C. The molecule has 13 heavy (non-hydrogen) atoms. The van der Waals surface area contributed by atoms with E-state index in [-0.39, 0.29) is 5.82 Å². The van der Waals surface area contributed by atoms with Crippen LogP contribution in [0.5, 0.6) is 0 Å². The van der Waals surface area contributed by atoms with Crippen LogP contribution >= 0.6 is 0 Å². The normalized spacial score (nSPS) is 10.2. The van der Waals surface area contributed by atoms with Crippen LogP contribution in [0.25, 0.3) is 11.2 Å². The molecule has 0 bridgehead atoms. The monoisotopic (exact) mass is 173 g/mol. The van der Waals surface area contributed by atoms with Gasteiger partial charge in [0.05, 0.1) is 12.0 Å². The maximum atomic E-state index is 8.65. The molecular formula is C8H7N5. The lowest BCUT2D eigenvalue weighted by Crippen LogP contribution is -1.96. The third kappa shape index (κ3) is 1.04. The summed E-state index contributed by atoms with van der Waals surface area (Å²) in [6.45, 7) is 1.82. The fraction of sp³-hybridized carbons (Fsp3) is 0.250. The minimum atomic E-state index is 0.189. The molecule has 0 unspecified atom stereocenters. The van der Waals surface area contributed by atoms with Crippen molar-refractivity contribution in [2.45, 2.75) is 6.92 Å². The Morgan fingerprint density at radius 1 is 1.46 bits per heavy atom. The molecule has 5 heteroatoms. The molecule has 2 heterocycles. The smallest absolute Gasteiger partial charge is 0.234 e. The number of imidazole rings is 1. The number of aromatic nitrogens is 4. The third-order valence-electron chi connectivity index (χ3n) is 1.83. The van der Waals surface area contributed by atoms with Gasteiger partial charge in [0.2, 0.25) is 5.82 Å². The maximum absolute atomic E-state index is 8.65. The maximum Gasteiger partial charge on any atom is 0.234 e. The summed E-state index contributed by atoms with van der Waals surface area (Å²) in [5, 5.41) is 8.65. The van der Waals surface area contributed by atoms with Crippen LogP contribution in [0.1, 0.15) is 11.5 Å². The van der Waals surface area contributed by atoms with E-state index in [9.17, 15) is 0 Å². The molecule has 0 aliphatic rings. The summed E-state index contributed by atoms with van der Waals surface area (Å²) in [6, 6.07) is 1.91. The lowest BCUT2D eigenvalue weighted by molar-refractivity contribution is 0.923. The molecule has 64 valence electrons. The van der Waals surface area contributed by atoms with E-state index in [1.54, 1.807) is 10.9 Å². The molecule has 5 nitrogen and oxygen atoms in total. The van der Waals surface area contributed by atoms with Crippen LogP contribution in [0, 0.1) is 18.3 Å². The van der Waals surface area contributed by atoms with Crippen LogP contribution in [-0.4, -0.2) is 19.5 Å². The molecule has 0 radical (unpaired) electrons. The molecule has 2 aromatic rings. The van der Waals surface area contributed by atoms with Crippen molar-refractivity contribution in [1.29, 1.82) is 5.26 Å². The standard InChI is InChI=1S/C8H7N5/c1-5-7-8(13(2)4-10-7)12-6(3-9)11-5/h4H,1-2H3. The van der Waals surface area contributed by atoms with Gasteiger partial charge in [0.25, 0.3) is 0 Å². The van der Waals surface area contributed by atoms with Gasteiger partial charge in [-0.15, -0.1) is 0 Å². The van der Waals surface area contributed by atoms with Crippen molar-refractivity contribution >= 4 is 11.2 Å². The fourth-order valence-electron chi connectivity index (χ4n) is 1.20. The van der Waals surface area contributed by atoms with Gasteiger partial charge >= 0.3 is 0 Å². The quantitative estimate of drug-likeness (QED) is 0.583. The first-order valence-electron chi connectivity index (χ1n) is 3.78. The van der Waals surface area contributed by atoms with Gasteiger partial charge in [-0.05, 0) is 6.92 Å². The first-order valence-corrected chi connectivity index (χ1v) is 3.78. The van der Waals surface area contributed by atoms with Crippen molar-refractivity contribution in [3.05, 3.63) is 17.8 Å². The highest BCUT2D eigenvalue weighted by Crippen LogP contribution is 2.11. The van der Waals surface area contributed by atoms with Crippen LogP contribution in [-0.2, 0) is 7.05 Å². The number of hydrogen-bond acceptors (Lipinski definition) is 4. The summed E-state index contributed by atoms with van der Waals surface area (Å²) in [5.74, 6) is 0.189. The van der Waals surface area contributed by atoms with Gasteiger partial charge in [-0.3, -0.25) is 0 Å². The summed E-state index contributed by atoms with van der Waals surface area (Å²) < 4.78 is 1.77. The van der Waals surface area contributed by atoms with E-state index in [1.807, 2.05) is 20.0 Å². The first-order chi connectivity index (χ1) is 6.22. The zero-order valence-electron chi connectivity index (χ0n) is 7.31. The molecule has 0 amide bonds. The Bertz CT molecular complexity index is 505. The van der Waals surface area contributed by atoms with Crippen LogP contribution in [0.2, 0.25) is 0 Å². The average molecular weight is 173 g/mol. The van der Waals surface area contributed by atoms with Crippen molar-refractivity contribution in [3.63, 3.8) is 0 Å². The summed E-state index contributed by atoms with van der Waals surface area (Å²) in [7, 11) is 1.84. The van der Waals surface area contributed by atoms with E-state index < -0.39 is 0 Å². The zero-order valence-corrected chi connectivity index (χ0v) is 7.31. The van der Waals surface area contributed by atoms with Gasteiger partial charge in [-0.2, -0.15) is 10.2 Å². The Labute approximate surface area is 74.7 Å². The van der Waals surface area contributed by atoms with Gasteiger partial charge in [0.15, 0.2) is 5.65 Å². The van der Waals surface area contributed by atoms with Gasteiger partial charge < -0.3 is 4.57 Å². The summed E-state index contributed by atoms with van der Waals surface area (Å²) in [4.78, 5) is 12.1. The molecule has 0 atom stereocenters. The van der Waals surface area contributed by atoms with Crippen molar-refractivity contribution in [3.8, 4) is 6.07 Å². The second kappa shape index (κ2) is 2.52. The van der Waals surface area contributed by atoms with E-state index >= 15 is 0 Å². The molecular weight excluding hydrogens is 166 g/mol. The van der Waals surface area contributed by atoms with Crippen molar-refractivity contribution < 1.29 is 0 Å². The lowest BCUT2D eigenvalue weighted by Gasteiger charge is -1.95. The largest absolute Gasteiger partial charge is 0.318 e. The summed E-state index contributed by atoms with van der Waals surface area (Å²) in [6.07, 6.45) is 1.66. The van der Waals surface area contributed by atoms with E-state index in [1.165, 1.54) is 0 Å². The van der Waals surface area contributed by atoms with Crippen molar-refractivity contribution in [1.82, 2.24) is 19.5 Å². The number of nitrogens with zero attached hydrogens (tertiary/aromatic N) is 5. The zero-order chi connectivity index (χ0) is 9.42. The molecule has 0 fully saturated rings. The number of nitriles is 1. The highest BCUT2D eigenvalue weighted by atomic mass is 15.1. The predicted octanol–water partition coefficient (Wildman–Crippen LogP) is 0.543. The Kier molecular flexibility index (Phi) is 1.49. The number of aryl methyl sites for hydroxylation is 2. The van der Waals surface area contributed by atoms with Gasteiger partial charge in [-0.1, -0.05) is 0 Å². The Hall–Kier alpha value is -1.96. The first kappa shape index (κ1) is 7.68. The Balaban J connectivity index is 2.90. The molecule has 0 aliphatic carbocycles. The van der Waals surface area contributed by atoms with E-state index in [0.717, 1.165) is 11.2 Å². The molecule has 0 aromatic carbocycles. The van der Waals surface area contributed by atoms with Gasteiger partial charge in [-0.25, -0.2) is 9.97 Å². The molecule has 2 aromatic heterocycles. The Morgan fingerprint density at radius 2 is 2.23 bits per heavy atom. The molecule has 0 aliphatic heterocycles. The van der Waals surface area contributed by atoms with Gasteiger partial charge in [0.1, 0.15) is 11.6 Å². The average Bonchev–Trinajstić information content (AvgIpc) is 2.48. The van der Waals surface area contributed by atoms with E-state index in [0.29, 0.717) is 5.65 Å². The van der Waals surface area contributed by atoms with E-state index in [4.69, 9.17) is 5.26 Å². The van der Waals surface area contributed by atoms with Crippen LogP contribution in [0.4, 0.5) is 0 Å². The molecule has 0 saturated carbocycles. The third-order valence-corrected chi connectivity index (χ3v) is 1.83. The second-order valence-corrected chi connectivity index (χ2v) is 2.77. The predicted molar refractivity (Wildman–Crippen MR) is 45.8 cm³/mol. The topological polar surface area (TPSA) is 67.4 Å². The molecule has 2 rings (SSSR count). The van der Waals surface area contributed by atoms with Crippen molar-refractivity contribution in [2.75, 3.05) is 0 Å². The van der Waals surface area contributed by atoms with Crippen LogP contribution in [0.15, 0.2) is 6.33 Å². The van der Waals surface area contributed by atoms with Gasteiger partial charge in [0, 0.05) is 7.05 Å². The fourth-order valence-corrected chi connectivity index (χ4v) is 1.20. The highest BCUT2D eigenvalue weighted by Gasteiger charge is 2.07. The number of fused-ring (bicyclic) bond motifs is 1. The second-order valence-electron chi connectivity index (χ2n) is 2.77. The minimum Gasteiger partial charge on any atom is -0.318 e. The highest BCUT2D eigenvalue weighted by molar-refractivity contribution is 5.73. The lowest BCUT2D eigenvalue weighted by atomic mass is 10.4. The van der Waals surface area contributed by atoms with Crippen molar-refractivity contribution in [2.24, 2.45) is 7.05 Å². The minimum absolute atomic E-state index is 0.189. The number of hydrogen-bond donors (Lipinski definition) is 0.